The SMILES string of the molecule is O=C(Nc1cc(Cl)ncn1)c1cccc(OC(F)F)c1. The van der Waals surface area contributed by atoms with Gasteiger partial charge in [0, 0.05) is 11.6 Å². The zero-order valence-electron chi connectivity index (χ0n) is 9.89. The van der Waals surface area contributed by atoms with Crippen molar-refractivity contribution in [3.63, 3.8) is 0 Å². The highest BCUT2D eigenvalue weighted by Gasteiger charge is 2.10. The number of hydrogen-bond donors (Lipinski definition) is 1. The van der Waals surface area contributed by atoms with E-state index in [-0.39, 0.29) is 22.3 Å². The molecule has 8 heteroatoms. The Morgan fingerprint density at radius 2 is 2.10 bits per heavy atom. The third-order valence-electron chi connectivity index (χ3n) is 2.20. The average molecular weight is 300 g/mol. The Hall–Kier alpha value is -2.28. The molecule has 20 heavy (non-hydrogen) atoms. The smallest absolute Gasteiger partial charge is 0.387 e. The molecule has 0 radical (unpaired) electrons. The Labute approximate surface area is 117 Å². The van der Waals surface area contributed by atoms with Crippen molar-refractivity contribution >= 4 is 23.3 Å². The second-order valence-corrected chi connectivity index (χ2v) is 3.97. The molecule has 0 saturated carbocycles. The van der Waals surface area contributed by atoms with Crippen molar-refractivity contribution in [3.05, 3.63) is 47.4 Å². The third kappa shape index (κ3) is 3.86. The second kappa shape index (κ2) is 6.25. The lowest BCUT2D eigenvalue weighted by Gasteiger charge is -2.07. The number of nitrogens with one attached hydrogen (secondary N) is 1. The molecule has 0 unspecified atom stereocenters. The van der Waals surface area contributed by atoms with Crippen molar-refractivity contribution in [2.24, 2.45) is 0 Å². The molecular formula is C12H8ClF2N3O2. The Kier molecular flexibility index (Phi) is 4.41. The number of aromatic nitrogens is 2. The lowest BCUT2D eigenvalue weighted by molar-refractivity contribution is -0.0498. The topological polar surface area (TPSA) is 64.1 Å². The normalized spacial score (nSPS) is 10.4. The number of rotatable bonds is 4. The van der Waals surface area contributed by atoms with Crippen LogP contribution in [0.1, 0.15) is 10.4 Å². The van der Waals surface area contributed by atoms with Gasteiger partial charge in [-0.1, -0.05) is 17.7 Å². The van der Waals surface area contributed by atoms with Crippen LogP contribution in [0.25, 0.3) is 0 Å². The Morgan fingerprint density at radius 1 is 1.30 bits per heavy atom. The molecule has 0 aliphatic rings. The molecule has 0 fully saturated rings. The van der Waals surface area contributed by atoms with Crippen molar-refractivity contribution in [1.82, 2.24) is 9.97 Å². The molecule has 0 atom stereocenters. The lowest BCUT2D eigenvalue weighted by atomic mass is 10.2. The minimum atomic E-state index is -2.95. The molecule has 1 N–H and O–H groups in total. The van der Waals surface area contributed by atoms with Crippen LogP contribution in [0.15, 0.2) is 36.7 Å². The number of nitrogens with zero attached hydrogens (tertiary/aromatic N) is 2. The molecule has 0 aliphatic heterocycles. The van der Waals surface area contributed by atoms with E-state index in [9.17, 15) is 13.6 Å². The van der Waals surface area contributed by atoms with Gasteiger partial charge in [0.1, 0.15) is 23.0 Å². The summed E-state index contributed by atoms with van der Waals surface area (Å²) in [5.74, 6) is -0.428. The molecule has 0 aliphatic carbocycles. The summed E-state index contributed by atoms with van der Waals surface area (Å²) < 4.78 is 28.4. The summed E-state index contributed by atoms with van der Waals surface area (Å²) in [5, 5.41) is 2.63. The highest BCUT2D eigenvalue weighted by Crippen LogP contribution is 2.17. The van der Waals surface area contributed by atoms with Crippen LogP contribution in [0.5, 0.6) is 5.75 Å². The first-order valence-electron chi connectivity index (χ1n) is 5.38. The van der Waals surface area contributed by atoms with Gasteiger partial charge in [-0.3, -0.25) is 4.79 Å². The van der Waals surface area contributed by atoms with Crippen LogP contribution in [0.3, 0.4) is 0 Å². The van der Waals surface area contributed by atoms with Crippen LogP contribution in [-0.2, 0) is 0 Å². The fourth-order valence-corrected chi connectivity index (χ4v) is 1.55. The third-order valence-corrected chi connectivity index (χ3v) is 2.40. The zero-order valence-corrected chi connectivity index (χ0v) is 10.6. The first kappa shape index (κ1) is 14.1. The number of benzene rings is 1. The van der Waals surface area contributed by atoms with Crippen LogP contribution in [0, 0.1) is 0 Å². The van der Waals surface area contributed by atoms with Crippen LogP contribution in [0.4, 0.5) is 14.6 Å². The van der Waals surface area contributed by atoms with Crippen molar-refractivity contribution in [2.45, 2.75) is 6.61 Å². The van der Waals surface area contributed by atoms with Gasteiger partial charge in [0.15, 0.2) is 0 Å². The Bertz CT molecular complexity index is 625. The van der Waals surface area contributed by atoms with E-state index in [4.69, 9.17) is 11.6 Å². The van der Waals surface area contributed by atoms with Crippen molar-refractivity contribution in [3.8, 4) is 5.75 Å². The lowest BCUT2D eigenvalue weighted by Crippen LogP contribution is -2.13. The van der Waals surface area contributed by atoms with E-state index < -0.39 is 12.5 Å². The van der Waals surface area contributed by atoms with E-state index in [0.29, 0.717) is 0 Å². The minimum absolute atomic E-state index is 0.103. The minimum Gasteiger partial charge on any atom is -0.435 e. The number of ether oxygens (including phenoxy) is 1. The molecule has 1 amide bonds. The van der Waals surface area contributed by atoms with E-state index in [1.165, 1.54) is 36.7 Å². The molecule has 5 nitrogen and oxygen atoms in total. The van der Waals surface area contributed by atoms with E-state index in [1.54, 1.807) is 0 Å². The summed E-state index contributed by atoms with van der Waals surface area (Å²) >= 11 is 5.65. The number of halogens is 3. The maximum atomic E-state index is 12.1. The number of anilines is 1. The number of alkyl halides is 2. The van der Waals surface area contributed by atoms with Crippen LogP contribution < -0.4 is 10.1 Å². The molecule has 2 rings (SSSR count). The van der Waals surface area contributed by atoms with Gasteiger partial charge in [0.2, 0.25) is 0 Å². The first-order chi connectivity index (χ1) is 9.54. The monoisotopic (exact) mass is 299 g/mol. The molecule has 104 valence electrons. The van der Waals surface area contributed by atoms with Crippen molar-refractivity contribution < 1.29 is 18.3 Å². The molecular weight excluding hydrogens is 292 g/mol. The largest absolute Gasteiger partial charge is 0.435 e. The molecule has 1 aromatic carbocycles. The number of carbonyl (C=O) groups excluding carboxylic acids is 1. The average Bonchev–Trinajstić information content (AvgIpc) is 2.38. The summed E-state index contributed by atoms with van der Waals surface area (Å²) in [5.41, 5.74) is 0.151. The first-order valence-corrected chi connectivity index (χ1v) is 5.76. The van der Waals surface area contributed by atoms with Crippen molar-refractivity contribution in [1.29, 1.82) is 0 Å². The van der Waals surface area contributed by atoms with Crippen LogP contribution in [0.2, 0.25) is 5.15 Å². The highest BCUT2D eigenvalue weighted by molar-refractivity contribution is 6.29. The predicted molar refractivity (Wildman–Crippen MR) is 68.1 cm³/mol. The highest BCUT2D eigenvalue weighted by atomic mass is 35.5. The maximum absolute atomic E-state index is 12.1. The summed E-state index contributed by atoms with van der Waals surface area (Å²) in [6.07, 6.45) is 1.19. The van der Waals surface area contributed by atoms with Gasteiger partial charge in [-0.2, -0.15) is 8.78 Å². The molecule has 1 heterocycles. The zero-order chi connectivity index (χ0) is 14.5. The van der Waals surface area contributed by atoms with Crippen LogP contribution in [-0.4, -0.2) is 22.5 Å². The standard InChI is InChI=1S/C12H8ClF2N3O2/c13-9-5-10(17-6-16-9)18-11(19)7-2-1-3-8(4-7)20-12(14)15/h1-6,12H,(H,16,17,18,19). The van der Waals surface area contributed by atoms with E-state index in [0.717, 1.165) is 0 Å². The van der Waals surface area contributed by atoms with Gasteiger partial charge < -0.3 is 10.1 Å². The Balaban J connectivity index is 2.13. The molecule has 0 bridgehead atoms. The predicted octanol–water partition coefficient (Wildman–Crippen LogP) is 2.98. The molecule has 1 aromatic heterocycles. The quantitative estimate of drug-likeness (QED) is 0.882. The van der Waals surface area contributed by atoms with Gasteiger partial charge in [-0.25, -0.2) is 9.97 Å². The van der Waals surface area contributed by atoms with E-state index >= 15 is 0 Å². The maximum Gasteiger partial charge on any atom is 0.387 e. The van der Waals surface area contributed by atoms with Gasteiger partial charge in [-0.05, 0) is 18.2 Å². The van der Waals surface area contributed by atoms with Gasteiger partial charge >= 0.3 is 6.61 Å². The summed E-state index contributed by atoms with van der Waals surface area (Å²) in [4.78, 5) is 19.4. The molecule has 0 spiro atoms. The number of carbonyl (C=O) groups is 1. The fraction of sp³-hybridized carbons (Fsp3) is 0.0833. The summed E-state index contributed by atoms with van der Waals surface area (Å²) in [7, 11) is 0. The molecule has 0 saturated heterocycles. The summed E-state index contributed by atoms with van der Waals surface area (Å²) in [6.45, 7) is -2.95. The second-order valence-electron chi connectivity index (χ2n) is 3.59. The molecule has 2 aromatic rings. The van der Waals surface area contributed by atoms with Gasteiger partial charge in [0.05, 0.1) is 0 Å². The van der Waals surface area contributed by atoms with E-state index in [1.807, 2.05) is 0 Å². The summed E-state index contributed by atoms with van der Waals surface area (Å²) in [6, 6.07) is 6.77. The number of amides is 1. The van der Waals surface area contributed by atoms with Crippen molar-refractivity contribution in [2.75, 3.05) is 5.32 Å². The fourth-order valence-electron chi connectivity index (χ4n) is 1.40. The van der Waals surface area contributed by atoms with Gasteiger partial charge in [0.25, 0.3) is 5.91 Å². The Morgan fingerprint density at radius 3 is 2.80 bits per heavy atom. The number of hydrogen-bond acceptors (Lipinski definition) is 4. The van der Waals surface area contributed by atoms with Crippen LogP contribution >= 0.6 is 11.6 Å². The van der Waals surface area contributed by atoms with Gasteiger partial charge in [-0.15, -0.1) is 0 Å². The van der Waals surface area contributed by atoms with E-state index in [2.05, 4.69) is 20.0 Å².